The molecule has 1 aliphatic rings. The number of carbonyl (C=O) groups excluding carboxylic acids is 2. The Balaban J connectivity index is 1.87. The van der Waals surface area contributed by atoms with Gasteiger partial charge in [0.1, 0.15) is 0 Å². The number of nitrogens with one attached hydrogen (secondary N) is 2. The van der Waals surface area contributed by atoms with Gasteiger partial charge in [0, 0.05) is 26.1 Å². The fourth-order valence-electron chi connectivity index (χ4n) is 1.81. The number of nitrogens with zero attached hydrogens (tertiary/aromatic N) is 1. The molecule has 1 aliphatic heterocycles. The molecule has 2 N–H and O–H groups in total. The fourth-order valence-corrected chi connectivity index (χ4v) is 2.85. The van der Waals surface area contributed by atoms with E-state index in [0.29, 0.717) is 6.54 Å². The van der Waals surface area contributed by atoms with E-state index in [-0.39, 0.29) is 30.3 Å². The molecule has 0 atom stereocenters. The number of hydrogen-bond acceptors (Lipinski definition) is 4. The Morgan fingerprint density at radius 1 is 1.20 bits per heavy atom. The first-order valence-electron chi connectivity index (χ1n) is 6.12. The number of benzene rings is 1. The highest BCUT2D eigenvalue weighted by Gasteiger charge is 2.23. The third-order valence-corrected chi connectivity index (χ3v) is 4.35. The van der Waals surface area contributed by atoms with Crippen LogP contribution in [0.25, 0.3) is 0 Å². The van der Waals surface area contributed by atoms with E-state index in [9.17, 15) is 18.0 Å². The Hall–Kier alpha value is -1.93. The lowest BCUT2D eigenvalue weighted by molar-refractivity contribution is -0.121. The Morgan fingerprint density at radius 3 is 2.55 bits per heavy atom. The predicted octanol–water partition coefficient (Wildman–Crippen LogP) is -0.0932. The monoisotopic (exact) mass is 297 g/mol. The third kappa shape index (κ3) is 3.55. The van der Waals surface area contributed by atoms with Gasteiger partial charge in [0.2, 0.25) is 15.9 Å². The van der Waals surface area contributed by atoms with Crippen LogP contribution in [0.1, 0.15) is 6.42 Å². The number of rotatable bonds is 5. The van der Waals surface area contributed by atoms with Crippen molar-refractivity contribution in [2.45, 2.75) is 11.3 Å². The SMILES string of the molecule is O=C1CCN(CCNS(=O)(=O)c2ccccc2)C(=O)N1. The van der Waals surface area contributed by atoms with Crippen molar-refractivity contribution in [2.75, 3.05) is 19.6 Å². The van der Waals surface area contributed by atoms with E-state index in [4.69, 9.17) is 0 Å². The first-order valence-corrected chi connectivity index (χ1v) is 7.61. The average molecular weight is 297 g/mol. The molecule has 0 saturated carbocycles. The van der Waals surface area contributed by atoms with Crippen LogP contribution in [0.2, 0.25) is 0 Å². The second kappa shape index (κ2) is 6.02. The van der Waals surface area contributed by atoms with Gasteiger partial charge in [0.05, 0.1) is 4.90 Å². The quantitative estimate of drug-likeness (QED) is 0.793. The molecule has 1 aromatic rings. The number of carbonyl (C=O) groups is 2. The molecular formula is C12H15N3O4S. The molecular weight excluding hydrogens is 282 g/mol. The average Bonchev–Trinajstić information content (AvgIpc) is 2.42. The third-order valence-electron chi connectivity index (χ3n) is 2.87. The summed E-state index contributed by atoms with van der Waals surface area (Å²) in [6.45, 7) is 0.613. The van der Waals surface area contributed by atoms with Crippen molar-refractivity contribution >= 4 is 22.0 Å². The highest BCUT2D eigenvalue weighted by Crippen LogP contribution is 2.07. The molecule has 3 amide bonds. The number of urea groups is 1. The highest BCUT2D eigenvalue weighted by molar-refractivity contribution is 7.89. The molecule has 0 bridgehead atoms. The number of amides is 3. The van der Waals surface area contributed by atoms with Gasteiger partial charge in [0.15, 0.2) is 0 Å². The normalized spacial score (nSPS) is 16.1. The van der Waals surface area contributed by atoms with Crippen LogP contribution < -0.4 is 10.0 Å². The first-order chi connectivity index (χ1) is 9.49. The van der Waals surface area contributed by atoms with Gasteiger partial charge in [-0.25, -0.2) is 17.9 Å². The summed E-state index contributed by atoms with van der Waals surface area (Å²) >= 11 is 0. The van der Waals surface area contributed by atoms with Crippen LogP contribution in [-0.2, 0) is 14.8 Å². The molecule has 1 fully saturated rings. The number of imide groups is 1. The van der Waals surface area contributed by atoms with Gasteiger partial charge in [-0.3, -0.25) is 10.1 Å². The standard InChI is InChI=1S/C12H15N3O4S/c16-11-6-8-15(12(17)14-11)9-7-13-20(18,19)10-4-2-1-3-5-10/h1-5,13H,6-9H2,(H,14,16,17). The van der Waals surface area contributed by atoms with Gasteiger partial charge < -0.3 is 4.90 Å². The van der Waals surface area contributed by atoms with Gasteiger partial charge in [-0.05, 0) is 12.1 Å². The van der Waals surface area contributed by atoms with Crippen molar-refractivity contribution in [3.63, 3.8) is 0 Å². The summed E-state index contributed by atoms with van der Waals surface area (Å²) in [6, 6.07) is 7.51. The largest absolute Gasteiger partial charge is 0.324 e. The predicted molar refractivity (Wildman–Crippen MR) is 71.4 cm³/mol. The lowest BCUT2D eigenvalue weighted by Crippen LogP contribution is -2.51. The summed E-state index contributed by atoms with van der Waals surface area (Å²) in [5, 5.41) is 2.18. The first kappa shape index (κ1) is 14.5. The summed E-state index contributed by atoms with van der Waals surface area (Å²) in [6.07, 6.45) is 0.233. The van der Waals surface area contributed by atoms with Crippen LogP contribution in [-0.4, -0.2) is 44.9 Å². The summed E-state index contributed by atoms with van der Waals surface area (Å²) in [7, 11) is -3.56. The molecule has 0 spiro atoms. The van der Waals surface area contributed by atoms with Gasteiger partial charge in [-0.15, -0.1) is 0 Å². The van der Waals surface area contributed by atoms with E-state index in [1.807, 2.05) is 0 Å². The zero-order valence-corrected chi connectivity index (χ0v) is 11.5. The van der Waals surface area contributed by atoms with Crippen LogP contribution in [0.4, 0.5) is 4.79 Å². The van der Waals surface area contributed by atoms with Crippen molar-refractivity contribution in [1.82, 2.24) is 14.9 Å². The van der Waals surface area contributed by atoms with Gasteiger partial charge >= 0.3 is 6.03 Å². The fraction of sp³-hybridized carbons (Fsp3) is 0.333. The minimum Gasteiger partial charge on any atom is -0.323 e. The van der Waals surface area contributed by atoms with E-state index in [2.05, 4.69) is 10.0 Å². The molecule has 1 saturated heterocycles. The topological polar surface area (TPSA) is 95.6 Å². The van der Waals surface area contributed by atoms with Crippen LogP contribution in [0.3, 0.4) is 0 Å². The molecule has 1 aromatic carbocycles. The van der Waals surface area contributed by atoms with E-state index in [1.165, 1.54) is 17.0 Å². The summed E-state index contributed by atoms with van der Waals surface area (Å²) in [4.78, 5) is 24.0. The molecule has 0 aliphatic carbocycles. The Kier molecular flexibility index (Phi) is 4.35. The lowest BCUT2D eigenvalue weighted by atomic mass is 10.3. The molecule has 20 heavy (non-hydrogen) atoms. The molecule has 0 aromatic heterocycles. The summed E-state index contributed by atoms with van der Waals surface area (Å²) in [5.74, 6) is -0.309. The molecule has 8 heteroatoms. The van der Waals surface area contributed by atoms with E-state index >= 15 is 0 Å². The summed E-state index contributed by atoms with van der Waals surface area (Å²) < 4.78 is 26.3. The Morgan fingerprint density at radius 2 is 1.90 bits per heavy atom. The molecule has 108 valence electrons. The zero-order chi connectivity index (χ0) is 14.6. The minimum absolute atomic E-state index is 0.0961. The van der Waals surface area contributed by atoms with Crippen molar-refractivity contribution < 1.29 is 18.0 Å². The maximum Gasteiger partial charge on any atom is 0.324 e. The lowest BCUT2D eigenvalue weighted by Gasteiger charge is -2.26. The van der Waals surface area contributed by atoms with Crippen LogP contribution in [0, 0.1) is 0 Å². The number of sulfonamides is 1. The van der Waals surface area contributed by atoms with Gasteiger partial charge in [0.25, 0.3) is 0 Å². The van der Waals surface area contributed by atoms with E-state index in [0.717, 1.165) is 0 Å². The van der Waals surface area contributed by atoms with E-state index < -0.39 is 16.1 Å². The van der Waals surface area contributed by atoms with Crippen LogP contribution in [0.5, 0.6) is 0 Å². The second-order valence-electron chi connectivity index (χ2n) is 4.30. The molecule has 1 heterocycles. The van der Waals surface area contributed by atoms with E-state index in [1.54, 1.807) is 18.2 Å². The van der Waals surface area contributed by atoms with Gasteiger partial charge in [-0.2, -0.15) is 0 Å². The second-order valence-corrected chi connectivity index (χ2v) is 6.07. The van der Waals surface area contributed by atoms with Crippen molar-refractivity contribution in [1.29, 1.82) is 0 Å². The summed E-state index contributed by atoms with van der Waals surface area (Å²) in [5.41, 5.74) is 0. The van der Waals surface area contributed by atoms with Crippen molar-refractivity contribution in [2.24, 2.45) is 0 Å². The highest BCUT2D eigenvalue weighted by atomic mass is 32.2. The van der Waals surface area contributed by atoms with Crippen molar-refractivity contribution in [3.8, 4) is 0 Å². The maximum atomic E-state index is 11.9. The van der Waals surface area contributed by atoms with Crippen LogP contribution >= 0.6 is 0 Å². The molecule has 0 radical (unpaired) electrons. The van der Waals surface area contributed by atoms with Crippen LogP contribution in [0.15, 0.2) is 35.2 Å². The maximum absolute atomic E-state index is 11.9. The van der Waals surface area contributed by atoms with Gasteiger partial charge in [-0.1, -0.05) is 18.2 Å². The minimum atomic E-state index is -3.56. The smallest absolute Gasteiger partial charge is 0.323 e. The molecule has 2 rings (SSSR count). The Bertz CT molecular complexity index is 600. The number of hydrogen-bond donors (Lipinski definition) is 2. The molecule has 7 nitrogen and oxygen atoms in total. The zero-order valence-electron chi connectivity index (χ0n) is 10.7. The van der Waals surface area contributed by atoms with Crippen molar-refractivity contribution in [3.05, 3.63) is 30.3 Å². The Labute approximate surface area is 117 Å². The molecule has 0 unspecified atom stereocenters.